The highest BCUT2D eigenvalue weighted by molar-refractivity contribution is 5.90. The molecule has 1 atom stereocenters. The number of hydrogen-bond donors (Lipinski definition) is 2. The third kappa shape index (κ3) is 3.99. The number of hydrogen-bond acceptors (Lipinski definition) is 4. The van der Waals surface area contributed by atoms with Gasteiger partial charge in [0.05, 0.1) is 7.11 Å². The Balaban J connectivity index is 1.58. The summed E-state index contributed by atoms with van der Waals surface area (Å²) in [5, 5.41) is 5.63. The lowest BCUT2D eigenvalue weighted by Gasteiger charge is -2.18. The monoisotopic (exact) mass is 344 g/mol. The van der Waals surface area contributed by atoms with Crippen LogP contribution >= 0.6 is 0 Å². The molecule has 7 heteroatoms. The predicted octanol–water partition coefficient (Wildman–Crippen LogP) is 2.94. The van der Waals surface area contributed by atoms with Gasteiger partial charge in [0.2, 0.25) is 0 Å². The molecule has 2 aromatic rings. The summed E-state index contributed by atoms with van der Waals surface area (Å²) in [6, 6.07) is 8.26. The van der Waals surface area contributed by atoms with Crippen LogP contribution in [0.15, 0.2) is 36.5 Å². The van der Waals surface area contributed by atoms with Gasteiger partial charge in [-0.2, -0.15) is 0 Å². The van der Waals surface area contributed by atoms with E-state index < -0.39 is 5.82 Å². The van der Waals surface area contributed by atoms with Gasteiger partial charge in [-0.05, 0) is 37.1 Å². The Labute approximate surface area is 146 Å². The first kappa shape index (κ1) is 17.0. The highest BCUT2D eigenvalue weighted by Gasteiger charge is 2.24. The fraction of sp³-hybridized carbons (Fsp3) is 0.333. The fourth-order valence-corrected chi connectivity index (χ4v) is 2.92. The Morgan fingerprint density at radius 2 is 2.24 bits per heavy atom. The topological polar surface area (TPSA) is 66.5 Å². The number of urea groups is 1. The van der Waals surface area contributed by atoms with E-state index in [0.717, 1.165) is 24.3 Å². The third-order valence-corrected chi connectivity index (χ3v) is 4.24. The van der Waals surface area contributed by atoms with Crippen LogP contribution in [0.1, 0.15) is 12.0 Å². The molecule has 1 aliphatic rings. The van der Waals surface area contributed by atoms with Crippen molar-refractivity contribution in [3.8, 4) is 5.75 Å². The minimum Gasteiger partial charge on any atom is -0.494 e. The van der Waals surface area contributed by atoms with Gasteiger partial charge >= 0.3 is 6.03 Å². The number of pyridine rings is 1. The average Bonchev–Trinajstić information content (AvgIpc) is 3.07. The van der Waals surface area contributed by atoms with E-state index in [-0.39, 0.29) is 17.8 Å². The van der Waals surface area contributed by atoms with Crippen molar-refractivity contribution < 1.29 is 13.9 Å². The molecular formula is C18H21FN4O2. The van der Waals surface area contributed by atoms with Crippen LogP contribution in [0.5, 0.6) is 5.75 Å². The van der Waals surface area contributed by atoms with Crippen molar-refractivity contribution in [2.45, 2.75) is 19.4 Å². The van der Waals surface area contributed by atoms with Gasteiger partial charge in [0.1, 0.15) is 5.82 Å². The van der Waals surface area contributed by atoms with Crippen molar-refractivity contribution in [1.82, 2.24) is 10.3 Å². The van der Waals surface area contributed by atoms with Gasteiger partial charge in [0.15, 0.2) is 11.6 Å². The smallest absolute Gasteiger partial charge is 0.319 e. The molecule has 0 saturated carbocycles. The second-order valence-electron chi connectivity index (χ2n) is 6.02. The van der Waals surface area contributed by atoms with Crippen LogP contribution in [0, 0.1) is 12.7 Å². The Hall–Kier alpha value is -2.83. The van der Waals surface area contributed by atoms with E-state index in [2.05, 4.69) is 20.5 Å². The number of aryl methyl sites for hydroxylation is 1. The number of nitrogens with one attached hydrogen (secondary N) is 2. The van der Waals surface area contributed by atoms with E-state index in [0.29, 0.717) is 12.2 Å². The van der Waals surface area contributed by atoms with Crippen LogP contribution in [-0.2, 0) is 0 Å². The lowest BCUT2D eigenvalue weighted by Crippen LogP contribution is -2.40. The summed E-state index contributed by atoms with van der Waals surface area (Å²) in [6.45, 7) is 3.31. The third-order valence-electron chi connectivity index (χ3n) is 4.24. The molecule has 2 heterocycles. The van der Waals surface area contributed by atoms with Gasteiger partial charge in [-0.15, -0.1) is 0 Å². The van der Waals surface area contributed by atoms with Gasteiger partial charge in [-0.3, -0.25) is 0 Å². The number of amides is 2. The molecule has 6 nitrogen and oxygen atoms in total. The van der Waals surface area contributed by atoms with Crippen molar-refractivity contribution in [3.63, 3.8) is 0 Å². The molecule has 25 heavy (non-hydrogen) atoms. The molecule has 0 unspecified atom stereocenters. The molecule has 1 aliphatic heterocycles. The molecule has 1 fully saturated rings. The van der Waals surface area contributed by atoms with E-state index in [1.165, 1.54) is 13.2 Å². The summed E-state index contributed by atoms with van der Waals surface area (Å²) >= 11 is 0. The predicted molar refractivity (Wildman–Crippen MR) is 94.7 cm³/mol. The molecule has 1 aromatic carbocycles. The molecule has 0 aliphatic carbocycles. The second kappa shape index (κ2) is 7.38. The summed E-state index contributed by atoms with van der Waals surface area (Å²) in [7, 11) is 1.41. The molecule has 1 saturated heterocycles. The maximum atomic E-state index is 13.8. The van der Waals surface area contributed by atoms with Crippen molar-refractivity contribution in [2.75, 3.05) is 30.4 Å². The molecule has 0 spiro atoms. The number of benzene rings is 1. The Morgan fingerprint density at radius 3 is 2.96 bits per heavy atom. The first-order valence-electron chi connectivity index (χ1n) is 8.14. The van der Waals surface area contributed by atoms with Gasteiger partial charge in [0, 0.05) is 37.1 Å². The summed E-state index contributed by atoms with van der Waals surface area (Å²) in [6.07, 6.45) is 2.59. The minimum absolute atomic E-state index is 0.0189. The molecule has 132 valence electrons. The number of methoxy groups -OCH3 is 1. The molecule has 0 radical (unpaired) electrons. The number of nitrogens with zero attached hydrogens (tertiary/aromatic N) is 2. The van der Waals surface area contributed by atoms with Crippen LogP contribution in [-0.4, -0.2) is 37.3 Å². The van der Waals surface area contributed by atoms with Crippen LogP contribution in [0.2, 0.25) is 0 Å². The number of anilines is 2. The summed E-state index contributed by atoms with van der Waals surface area (Å²) < 4.78 is 18.7. The summed E-state index contributed by atoms with van der Waals surface area (Å²) in [5.74, 6) is 0.552. The molecule has 2 amide bonds. The number of aromatic nitrogens is 1. The van der Waals surface area contributed by atoms with Crippen LogP contribution in [0.4, 0.5) is 20.7 Å². The van der Waals surface area contributed by atoms with E-state index in [4.69, 9.17) is 4.74 Å². The minimum atomic E-state index is -0.509. The lowest BCUT2D eigenvalue weighted by molar-refractivity contribution is 0.249. The van der Waals surface area contributed by atoms with Crippen LogP contribution in [0.3, 0.4) is 0 Å². The molecule has 0 bridgehead atoms. The maximum absolute atomic E-state index is 13.8. The van der Waals surface area contributed by atoms with Crippen LogP contribution < -0.4 is 20.3 Å². The van der Waals surface area contributed by atoms with Crippen molar-refractivity contribution in [3.05, 3.63) is 47.9 Å². The number of rotatable bonds is 4. The highest BCUT2D eigenvalue weighted by atomic mass is 19.1. The maximum Gasteiger partial charge on any atom is 0.319 e. The van der Waals surface area contributed by atoms with E-state index in [1.807, 2.05) is 18.2 Å². The van der Waals surface area contributed by atoms with Crippen molar-refractivity contribution in [1.29, 1.82) is 0 Å². The largest absolute Gasteiger partial charge is 0.494 e. The van der Waals surface area contributed by atoms with Gasteiger partial charge in [-0.1, -0.05) is 6.07 Å². The van der Waals surface area contributed by atoms with Crippen molar-refractivity contribution >= 4 is 17.5 Å². The average molecular weight is 344 g/mol. The highest BCUT2D eigenvalue weighted by Crippen LogP contribution is 2.25. The molecule has 1 aromatic heterocycles. The molecule has 2 N–H and O–H groups in total. The zero-order valence-corrected chi connectivity index (χ0v) is 14.3. The quantitative estimate of drug-likeness (QED) is 0.895. The summed E-state index contributed by atoms with van der Waals surface area (Å²) in [5.41, 5.74) is 1.16. The van der Waals surface area contributed by atoms with Gasteiger partial charge in [0.25, 0.3) is 0 Å². The zero-order valence-electron chi connectivity index (χ0n) is 14.3. The fourth-order valence-electron chi connectivity index (χ4n) is 2.92. The number of carbonyl (C=O) groups excluding carboxylic acids is 1. The Kier molecular flexibility index (Phi) is 5.02. The summed E-state index contributed by atoms with van der Waals surface area (Å²) in [4.78, 5) is 18.7. The number of halogens is 1. The molecule has 3 rings (SSSR count). The van der Waals surface area contributed by atoms with Crippen LogP contribution in [0.25, 0.3) is 0 Å². The lowest BCUT2D eigenvalue weighted by atomic mass is 10.2. The zero-order chi connectivity index (χ0) is 17.8. The van der Waals surface area contributed by atoms with E-state index in [9.17, 15) is 9.18 Å². The number of carbonyl (C=O) groups is 1. The van der Waals surface area contributed by atoms with Gasteiger partial charge in [-0.25, -0.2) is 14.2 Å². The van der Waals surface area contributed by atoms with E-state index >= 15 is 0 Å². The standard InChI is InChI=1S/C18H21FN4O2/c1-12-9-16(25-2)14(19)10-15(12)22-18(24)21-13-6-8-23(11-13)17-5-3-4-7-20-17/h3-5,7,9-10,13H,6,8,11H2,1-2H3,(H2,21,22,24)/t13-/m1/s1. The Morgan fingerprint density at radius 1 is 1.40 bits per heavy atom. The molecular weight excluding hydrogens is 323 g/mol. The number of ether oxygens (including phenoxy) is 1. The SMILES string of the molecule is COc1cc(C)c(NC(=O)N[C@@H]2CCN(c3ccccn3)C2)cc1F. The van der Waals surface area contributed by atoms with Gasteiger partial charge < -0.3 is 20.3 Å². The second-order valence-corrected chi connectivity index (χ2v) is 6.02. The normalized spacial score (nSPS) is 16.6. The first-order valence-corrected chi connectivity index (χ1v) is 8.14. The Bertz CT molecular complexity index is 754. The van der Waals surface area contributed by atoms with E-state index in [1.54, 1.807) is 19.2 Å². The van der Waals surface area contributed by atoms with Crippen molar-refractivity contribution in [2.24, 2.45) is 0 Å². The first-order chi connectivity index (χ1) is 12.1.